The first-order chi connectivity index (χ1) is 9.90. The second kappa shape index (κ2) is 4.50. The lowest BCUT2D eigenvalue weighted by molar-refractivity contribution is 1.65. The van der Waals surface area contributed by atoms with Crippen LogP contribution in [0.1, 0.15) is 0 Å². The molecule has 20 heavy (non-hydrogen) atoms. The van der Waals surface area contributed by atoms with E-state index >= 15 is 0 Å². The van der Waals surface area contributed by atoms with Gasteiger partial charge in [-0.25, -0.2) is 0 Å². The summed E-state index contributed by atoms with van der Waals surface area (Å²) in [5.41, 5.74) is 2.28. The summed E-state index contributed by atoms with van der Waals surface area (Å²) in [6.07, 6.45) is 0. The summed E-state index contributed by atoms with van der Waals surface area (Å²) >= 11 is 0. The number of rotatable bonds is 1. The van der Waals surface area contributed by atoms with E-state index < -0.39 is 0 Å². The van der Waals surface area contributed by atoms with Gasteiger partial charge in [0, 0.05) is 0 Å². The normalized spacial score (nSPS) is 11.0. The maximum absolute atomic E-state index is 3.27. The summed E-state index contributed by atoms with van der Waals surface area (Å²) in [5, 5.41) is 4.83. The van der Waals surface area contributed by atoms with Gasteiger partial charge in [0.25, 0.3) is 0 Å². The first-order valence-electron chi connectivity index (χ1n) is 6.72. The van der Waals surface area contributed by atoms with Crippen LogP contribution in [-0.4, -0.2) is 0 Å². The Kier molecular flexibility index (Phi) is 2.53. The van der Waals surface area contributed by atoms with Gasteiger partial charge in [0.15, 0.2) is 0 Å². The summed E-state index contributed by atoms with van der Waals surface area (Å²) < 4.78 is 0. The average Bonchev–Trinajstić information content (AvgIpc) is 2.54. The van der Waals surface area contributed by atoms with Crippen molar-refractivity contribution in [2.24, 2.45) is 0 Å². The zero-order valence-corrected chi connectivity index (χ0v) is 10.9. The monoisotopic (exact) mass is 252 g/mol. The van der Waals surface area contributed by atoms with Gasteiger partial charge in [0.05, 0.1) is 0 Å². The van der Waals surface area contributed by atoms with Crippen LogP contribution in [0.25, 0.3) is 32.7 Å². The summed E-state index contributed by atoms with van der Waals surface area (Å²) in [5.74, 6) is 0. The highest BCUT2D eigenvalue weighted by Crippen LogP contribution is 2.26. The number of benzene rings is 4. The predicted octanol–water partition coefficient (Wildman–Crippen LogP) is 5.26. The van der Waals surface area contributed by atoms with E-state index in [0.29, 0.717) is 0 Å². The number of hydrogen-bond acceptors (Lipinski definition) is 0. The van der Waals surface area contributed by atoms with Crippen LogP contribution in [0, 0.1) is 12.1 Å². The van der Waals surface area contributed by atoms with E-state index in [1.54, 1.807) is 0 Å². The van der Waals surface area contributed by atoms with Crippen LogP contribution >= 0.6 is 0 Å². The Morgan fingerprint density at radius 3 is 2.20 bits per heavy atom. The third-order valence-electron chi connectivity index (χ3n) is 3.65. The molecule has 4 rings (SSSR count). The lowest BCUT2D eigenvalue weighted by Gasteiger charge is -2.05. The molecule has 92 valence electrons. The van der Waals surface area contributed by atoms with Crippen LogP contribution in [0.4, 0.5) is 0 Å². The molecule has 0 atom stereocenters. The quantitative estimate of drug-likeness (QED) is 0.433. The van der Waals surface area contributed by atoms with Crippen molar-refractivity contribution >= 4 is 21.5 Å². The fourth-order valence-electron chi connectivity index (χ4n) is 2.58. The maximum atomic E-state index is 3.27. The van der Waals surface area contributed by atoms with Crippen LogP contribution in [0.5, 0.6) is 0 Å². The summed E-state index contributed by atoms with van der Waals surface area (Å²) in [4.78, 5) is 0. The number of fused-ring (bicyclic) bond motifs is 2. The maximum Gasteiger partial charge on any atom is -0.000718 e. The highest BCUT2D eigenvalue weighted by Gasteiger charge is 2.01. The van der Waals surface area contributed by atoms with Gasteiger partial charge in [0.1, 0.15) is 0 Å². The third-order valence-corrected chi connectivity index (χ3v) is 3.65. The molecule has 4 aromatic carbocycles. The Labute approximate surface area is 118 Å². The van der Waals surface area contributed by atoms with Crippen molar-refractivity contribution in [2.75, 3.05) is 0 Å². The molecular formula is C20H12. The van der Waals surface area contributed by atoms with Crippen molar-refractivity contribution in [2.45, 2.75) is 0 Å². The zero-order valence-electron chi connectivity index (χ0n) is 10.9. The predicted molar refractivity (Wildman–Crippen MR) is 84.6 cm³/mol. The van der Waals surface area contributed by atoms with E-state index in [0.717, 1.165) is 10.9 Å². The second-order valence-corrected chi connectivity index (χ2v) is 4.96. The lowest BCUT2D eigenvalue weighted by atomic mass is 9.99. The highest BCUT2D eigenvalue weighted by molar-refractivity contribution is 5.90. The zero-order chi connectivity index (χ0) is 13.4. The molecule has 0 aliphatic carbocycles. The van der Waals surface area contributed by atoms with Crippen molar-refractivity contribution < 1.29 is 0 Å². The van der Waals surface area contributed by atoms with Gasteiger partial charge in [-0.1, -0.05) is 60.7 Å². The molecule has 0 amide bonds. The van der Waals surface area contributed by atoms with Crippen LogP contribution in [0.15, 0.2) is 72.8 Å². The van der Waals surface area contributed by atoms with Crippen molar-refractivity contribution in [3.63, 3.8) is 0 Å². The van der Waals surface area contributed by atoms with E-state index in [1.165, 1.54) is 21.7 Å². The largest absolute Gasteiger partial charge is 0.0616 e. The van der Waals surface area contributed by atoms with Crippen molar-refractivity contribution in [1.82, 2.24) is 0 Å². The Balaban J connectivity index is 1.91. The van der Waals surface area contributed by atoms with E-state index in [1.807, 2.05) is 6.07 Å². The minimum atomic E-state index is 1.09. The van der Waals surface area contributed by atoms with Gasteiger partial charge in [-0.2, -0.15) is 0 Å². The minimum Gasteiger partial charge on any atom is -0.0616 e. The van der Waals surface area contributed by atoms with Gasteiger partial charge in [-0.05, 0) is 56.9 Å². The van der Waals surface area contributed by atoms with Crippen molar-refractivity contribution in [1.29, 1.82) is 0 Å². The Bertz CT molecular complexity index is 826. The molecule has 0 heteroatoms. The van der Waals surface area contributed by atoms with E-state index in [2.05, 4.69) is 78.9 Å². The van der Waals surface area contributed by atoms with Gasteiger partial charge in [-0.15, -0.1) is 0 Å². The average molecular weight is 252 g/mol. The Morgan fingerprint density at radius 1 is 0.550 bits per heavy atom. The summed E-state index contributed by atoms with van der Waals surface area (Å²) in [7, 11) is 0. The molecule has 0 saturated carbocycles. The van der Waals surface area contributed by atoms with Gasteiger partial charge in [-0.3, -0.25) is 0 Å². The molecule has 0 nitrogen and oxygen atoms in total. The minimum absolute atomic E-state index is 1.09. The molecular weight excluding hydrogens is 240 g/mol. The smallest absolute Gasteiger partial charge is 0.000718 e. The molecule has 2 radical (unpaired) electrons. The van der Waals surface area contributed by atoms with Crippen molar-refractivity contribution in [3.8, 4) is 11.1 Å². The SMILES string of the molecule is [c]1[c]c2ccccc2cc1-c1ccc2ccccc2c1. The molecule has 0 aromatic heterocycles. The van der Waals surface area contributed by atoms with E-state index in [9.17, 15) is 0 Å². The van der Waals surface area contributed by atoms with Crippen LogP contribution < -0.4 is 0 Å². The molecule has 4 aromatic rings. The summed E-state index contributed by atoms with van der Waals surface area (Å²) in [6.45, 7) is 0. The molecule has 0 heterocycles. The second-order valence-electron chi connectivity index (χ2n) is 4.96. The Hall–Kier alpha value is -2.60. The molecule has 0 aliphatic heterocycles. The van der Waals surface area contributed by atoms with E-state index in [-0.39, 0.29) is 0 Å². The third kappa shape index (κ3) is 1.86. The molecule has 0 unspecified atom stereocenters. The fraction of sp³-hybridized carbons (Fsp3) is 0. The van der Waals surface area contributed by atoms with Gasteiger partial charge in [0.2, 0.25) is 0 Å². The number of hydrogen-bond donors (Lipinski definition) is 0. The molecule has 0 fully saturated rings. The lowest BCUT2D eigenvalue weighted by Crippen LogP contribution is -1.81. The van der Waals surface area contributed by atoms with E-state index in [4.69, 9.17) is 0 Å². The summed E-state index contributed by atoms with van der Waals surface area (Å²) in [6, 6.07) is 31.9. The first-order valence-corrected chi connectivity index (χ1v) is 6.72. The van der Waals surface area contributed by atoms with Crippen LogP contribution in [0.3, 0.4) is 0 Å². The highest BCUT2D eigenvalue weighted by atomic mass is 14.1. The topological polar surface area (TPSA) is 0 Å². The fourth-order valence-corrected chi connectivity index (χ4v) is 2.58. The standard InChI is InChI=1S/C20H12/c1-3-7-17-13-19(11-9-15(17)5-1)20-12-10-16-6-2-4-8-18(16)14-20/h1-9,11,13-14H. The molecule has 0 bridgehead atoms. The van der Waals surface area contributed by atoms with Gasteiger partial charge < -0.3 is 0 Å². The molecule has 0 N–H and O–H groups in total. The van der Waals surface area contributed by atoms with Gasteiger partial charge >= 0.3 is 0 Å². The van der Waals surface area contributed by atoms with Crippen LogP contribution in [0.2, 0.25) is 0 Å². The van der Waals surface area contributed by atoms with Crippen molar-refractivity contribution in [3.05, 3.63) is 84.9 Å². The first kappa shape index (κ1) is 11.2. The molecule has 0 saturated heterocycles. The molecule has 0 spiro atoms. The molecule has 0 aliphatic rings. The Morgan fingerprint density at radius 2 is 1.30 bits per heavy atom. The van der Waals surface area contributed by atoms with Crippen LogP contribution in [-0.2, 0) is 0 Å².